The number of hydrogen-bond acceptors (Lipinski definition) is 3. The molecular formula is C19H19ClFNO3. The van der Waals surface area contributed by atoms with E-state index in [2.05, 4.69) is 6.07 Å². The molecule has 0 heterocycles. The van der Waals surface area contributed by atoms with E-state index in [0.717, 1.165) is 49.7 Å². The van der Waals surface area contributed by atoms with Crippen LogP contribution in [0.25, 0.3) is 0 Å². The van der Waals surface area contributed by atoms with Crippen molar-refractivity contribution in [2.45, 2.75) is 32.1 Å². The van der Waals surface area contributed by atoms with Crippen molar-refractivity contribution in [2.24, 2.45) is 29.1 Å². The van der Waals surface area contributed by atoms with Gasteiger partial charge in [0.15, 0.2) is 0 Å². The van der Waals surface area contributed by atoms with Gasteiger partial charge in [-0.3, -0.25) is 0 Å². The predicted octanol–water partition coefficient (Wildman–Crippen LogP) is 4.52. The largest absolute Gasteiger partial charge is 0.490 e. The first-order chi connectivity index (χ1) is 11.9. The Morgan fingerprint density at radius 1 is 1.28 bits per heavy atom. The topological polar surface area (TPSA) is 70.3 Å². The van der Waals surface area contributed by atoms with Crippen LogP contribution in [0.2, 0.25) is 5.02 Å². The standard InChI is InChI=1S/C19H19ClFNO3/c20-15-6-14(18(23)24)16(21)7-17(15)25-9-19(8-22)12-2-10-1-11(4-12)5-13(19)3-10/h6-7,10-13H,1-5,9H2,(H,23,24). The summed E-state index contributed by atoms with van der Waals surface area (Å²) >= 11 is 6.06. The fraction of sp³-hybridized carbons (Fsp3) is 0.579. The molecule has 0 spiro atoms. The van der Waals surface area contributed by atoms with Gasteiger partial charge < -0.3 is 9.84 Å². The van der Waals surface area contributed by atoms with Crippen molar-refractivity contribution in [3.05, 3.63) is 28.5 Å². The van der Waals surface area contributed by atoms with Gasteiger partial charge in [0.1, 0.15) is 18.2 Å². The highest BCUT2D eigenvalue weighted by molar-refractivity contribution is 6.32. The maximum atomic E-state index is 13.9. The Labute approximate surface area is 150 Å². The van der Waals surface area contributed by atoms with Crippen LogP contribution in [-0.2, 0) is 0 Å². The molecule has 4 aliphatic rings. The monoisotopic (exact) mass is 363 g/mol. The minimum Gasteiger partial charge on any atom is -0.490 e. The van der Waals surface area contributed by atoms with Crippen LogP contribution in [0.1, 0.15) is 42.5 Å². The summed E-state index contributed by atoms with van der Waals surface area (Å²) in [6, 6.07) is 4.61. The lowest BCUT2D eigenvalue weighted by atomic mass is 9.46. The quantitative estimate of drug-likeness (QED) is 0.853. The van der Waals surface area contributed by atoms with Crippen LogP contribution in [0.15, 0.2) is 12.1 Å². The molecule has 0 unspecified atom stereocenters. The minimum atomic E-state index is -1.37. The number of nitriles is 1. The van der Waals surface area contributed by atoms with Crippen molar-refractivity contribution in [1.82, 2.24) is 0 Å². The number of halogens is 2. The molecule has 4 nitrogen and oxygen atoms in total. The molecule has 4 fully saturated rings. The number of carboxylic acid groups (broad SMARTS) is 1. The molecular weight excluding hydrogens is 345 g/mol. The zero-order valence-corrected chi connectivity index (χ0v) is 14.4. The zero-order chi connectivity index (χ0) is 17.8. The smallest absolute Gasteiger partial charge is 0.338 e. The summed E-state index contributed by atoms with van der Waals surface area (Å²) in [6.07, 6.45) is 5.59. The molecule has 0 radical (unpaired) electrons. The average Bonchev–Trinajstić information content (AvgIpc) is 2.56. The fourth-order valence-corrected chi connectivity index (χ4v) is 5.69. The molecule has 1 N–H and O–H groups in total. The van der Waals surface area contributed by atoms with E-state index in [9.17, 15) is 14.4 Å². The summed E-state index contributed by atoms with van der Waals surface area (Å²) in [5.74, 6) is -0.0258. The Bertz CT molecular complexity index is 745. The van der Waals surface area contributed by atoms with E-state index in [-0.39, 0.29) is 17.4 Å². The summed E-state index contributed by atoms with van der Waals surface area (Å²) in [6.45, 7) is 0.184. The maximum Gasteiger partial charge on any atom is 0.338 e. The molecule has 0 saturated heterocycles. The Kier molecular flexibility index (Phi) is 3.92. The second-order valence-electron chi connectivity index (χ2n) is 7.81. The van der Waals surface area contributed by atoms with Crippen LogP contribution in [0.4, 0.5) is 4.39 Å². The number of nitrogens with zero attached hydrogens (tertiary/aromatic N) is 1. The Morgan fingerprint density at radius 3 is 2.40 bits per heavy atom. The molecule has 25 heavy (non-hydrogen) atoms. The predicted molar refractivity (Wildman–Crippen MR) is 89.0 cm³/mol. The molecule has 0 aliphatic heterocycles. The molecule has 4 saturated carbocycles. The van der Waals surface area contributed by atoms with Gasteiger partial charge in [0.2, 0.25) is 0 Å². The maximum absolute atomic E-state index is 13.9. The van der Waals surface area contributed by atoms with Crippen LogP contribution in [-0.4, -0.2) is 17.7 Å². The van der Waals surface area contributed by atoms with Crippen LogP contribution < -0.4 is 4.74 Å². The summed E-state index contributed by atoms with van der Waals surface area (Å²) in [5, 5.41) is 19.0. The lowest BCUT2D eigenvalue weighted by Crippen LogP contribution is -2.54. The molecule has 0 aromatic heterocycles. The first-order valence-corrected chi connectivity index (χ1v) is 9.07. The molecule has 6 heteroatoms. The molecule has 1 aromatic rings. The minimum absolute atomic E-state index is 0.0516. The van der Waals surface area contributed by atoms with Gasteiger partial charge in [-0.1, -0.05) is 11.6 Å². The van der Waals surface area contributed by atoms with E-state index in [1.54, 1.807) is 0 Å². The molecule has 5 rings (SSSR count). The lowest BCUT2D eigenvalue weighted by Gasteiger charge is -2.58. The van der Waals surface area contributed by atoms with Gasteiger partial charge in [0.05, 0.1) is 22.1 Å². The highest BCUT2D eigenvalue weighted by Crippen LogP contribution is 2.62. The van der Waals surface area contributed by atoms with Gasteiger partial charge in [-0.25, -0.2) is 9.18 Å². The van der Waals surface area contributed by atoms with Crippen LogP contribution >= 0.6 is 11.6 Å². The SMILES string of the molecule is N#CC1(COc2cc(F)c(C(=O)O)cc2Cl)C2CC3CC(C2)CC1C3. The van der Waals surface area contributed by atoms with Crippen LogP contribution in [0, 0.1) is 46.2 Å². The van der Waals surface area contributed by atoms with Crippen LogP contribution in [0.3, 0.4) is 0 Å². The zero-order valence-electron chi connectivity index (χ0n) is 13.7. The molecule has 1 aromatic carbocycles. The third-order valence-electron chi connectivity index (χ3n) is 6.52. The second kappa shape index (κ2) is 5.88. The molecule has 4 bridgehead atoms. The summed E-state index contributed by atoms with van der Waals surface area (Å²) < 4.78 is 19.7. The third-order valence-corrected chi connectivity index (χ3v) is 6.82. The van der Waals surface area contributed by atoms with Gasteiger partial charge in [-0.05, 0) is 61.8 Å². The number of carbonyl (C=O) groups is 1. The van der Waals surface area contributed by atoms with Gasteiger partial charge in [-0.15, -0.1) is 0 Å². The lowest BCUT2D eigenvalue weighted by molar-refractivity contribution is -0.0942. The van der Waals surface area contributed by atoms with Gasteiger partial charge in [-0.2, -0.15) is 5.26 Å². The van der Waals surface area contributed by atoms with Gasteiger partial charge in [0.25, 0.3) is 0 Å². The summed E-state index contributed by atoms with van der Waals surface area (Å²) in [4.78, 5) is 11.0. The van der Waals surface area contributed by atoms with Crippen molar-refractivity contribution in [3.63, 3.8) is 0 Å². The van der Waals surface area contributed by atoms with E-state index in [1.165, 1.54) is 6.42 Å². The van der Waals surface area contributed by atoms with E-state index in [4.69, 9.17) is 21.4 Å². The van der Waals surface area contributed by atoms with Gasteiger partial charge in [0, 0.05) is 6.07 Å². The van der Waals surface area contributed by atoms with E-state index >= 15 is 0 Å². The van der Waals surface area contributed by atoms with Crippen molar-refractivity contribution < 1.29 is 19.0 Å². The first-order valence-electron chi connectivity index (χ1n) is 8.69. The molecule has 0 atom stereocenters. The summed E-state index contributed by atoms with van der Waals surface area (Å²) in [5.41, 5.74) is -1.03. The number of hydrogen-bond donors (Lipinski definition) is 1. The van der Waals surface area contributed by atoms with Crippen molar-refractivity contribution in [1.29, 1.82) is 5.26 Å². The number of rotatable bonds is 4. The van der Waals surface area contributed by atoms with Crippen molar-refractivity contribution >= 4 is 17.6 Å². The average molecular weight is 364 g/mol. The van der Waals surface area contributed by atoms with E-state index in [1.807, 2.05) is 0 Å². The van der Waals surface area contributed by atoms with Gasteiger partial charge >= 0.3 is 5.97 Å². The first kappa shape index (κ1) is 16.7. The van der Waals surface area contributed by atoms with Crippen molar-refractivity contribution in [2.75, 3.05) is 6.61 Å². The number of ether oxygens (including phenoxy) is 1. The van der Waals surface area contributed by atoms with Crippen LogP contribution in [0.5, 0.6) is 5.75 Å². The normalized spacial score (nSPS) is 35.4. The fourth-order valence-electron chi connectivity index (χ4n) is 5.48. The highest BCUT2D eigenvalue weighted by Gasteiger charge is 2.58. The highest BCUT2D eigenvalue weighted by atomic mass is 35.5. The third kappa shape index (κ3) is 2.58. The second-order valence-corrected chi connectivity index (χ2v) is 8.22. The molecule has 0 amide bonds. The number of benzene rings is 1. The molecule has 4 aliphatic carbocycles. The Morgan fingerprint density at radius 2 is 1.88 bits per heavy atom. The van der Waals surface area contributed by atoms with E-state index < -0.39 is 22.8 Å². The van der Waals surface area contributed by atoms with Crippen molar-refractivity contribution in [3.8, 4) is 11.8 Å². The number of aromatic carboxylic acids is 1. The molecule has 132 valence electrons. The number of carboxylic acids is 1. The Hall–Kier alpha value is -1.80. The van der Waals surface area contributed by atoms with E-state index in [0.29, 0.717) is 11.8 Å². The summed E-state index contributed by atoms with van der Waals surface area (Å²) in [7, 11) is 0. The Balaban J connectivity index is 1.57.